The van der Waals surface area contributed by atoms with E-state index < -0.39 is 10.0 Å². The second-order valence-electron chi connectivity index (χ2n) is 3.53. The molecule has 0 fully saturated rings. The van der Waals surface area contributed by atoms with Gasteiger partial charge in [0.2, 0.25) is 10.0 Å². The van der Waals surface area contributed by atoms with Gasteiger partial charge in [-0.05, 0) is 25.5 Å². The van der Waals surface area contributed by atoms with E-state index in [1.807, 2.05) is 0 Å². The van der Waals surface area contributed by atoms with Crippen LogP contribution in [0.25, 0.3) is 0 Å². The lowest BCUT2D eigenvalue weighted by atomic mass is 10.3. The molecule has 0 aromatic carbocycles. The highest BCUT2D eigenvalue weighted by Gasteiger charge is 2.12. The van der Waals surface area contributed by atoms with Crippen molar-refractivity contribution < 1.29 is 13.2 Å². The quantitative estimate of drug-likeness (QED) is 0.637. The Balaban J connectivity index is 2.69. The smallest absolute Gasteiger partial charge is 0.232 e. The molecule has 0 saturated heterocycles. The summed E-state index contributed by atoms with van der Waals surface area (Å²) in [5, 5.41) is 0.338. The van der Waals surface area contributed by atoms with Crippen molar-refractivity contribution in [3.8, 4) is 0 Å². The van der Waals surface area contributed by atoms with Crippen molar-refractivity contribution in [2.45, 2.75) is 13.3 Å². The van der Waals surface area contributed by atoms with Crippen LogP contribution in [0.2, 0.25) is 5.15 Å². The fourth-order valence-corrected chi connectivity index (χ4v) is 2.59. The number of anilines is 1. The lowest BCUT2D eigenvalue weighted by Crippen LogP contribution is -2.18. The normalized spacial score (nSPS) is 11.5. The Morgan fingerprint density at radius 1 is 1.47 bits per heavy atom. The summed E-state index contributed by atoms with van der Waals surface area (Å²) in [6, 6.07) is 3.14. The molecule has 0 aliphatic rings. The Bertz CT molecular complexity index is 476. The average molecular weight is 279 g/mol. The van der Waals surface area contributed by atoms with Crippen molar-refractivity contribution in [3.63, 3.8) is 0 Å². The minimum atomic E-state index is -3.36. The molecule has 0 spiro atoms. The third-order valence-corrected chi connectivity index (χ3v) is 3.65. The van der Waals surface area contributed by atoms with Crippen LogP contribution >= 0.6 is 11.6 Å². The highest BCUT2D eigenvalue weighted by Crippen LogP contribution is 2.17. The summed E-state index contributed by atoms with van der Waals surface area (Å²) in [5.74, 6) is 0.0168. The number of nitrogens with zero attached hydrogens (tertiary/aromatic N) is 1. The van der Waals surface area contributed by atoms with Crippen LogP contribution < -0.4 is 4.72 Å². The number of hydrogen-bond donors (Lipinski definition) is 1. The average Bonchev–Trinajstić information content (AvgIpc) is 2.22. The first kappa shape index (κ1) is 14.2. The first-order valence-electron chi connectivity index (χ1n) is 5.07. The van der Waals surface area contributed by atoms with Crippen LogP contribution in [0.3, 0.4) is 0 Å². The third-order valence-electron chi connectivity index (χ3n) is 2.08. The fourth-order valence-electron chi connectivity index (χ4n) is 1.25. The van der Waals surface area contributed by atoms with Crippen LogP contribution in [-0.4, -0.2) is 32.9 Å². The first-order chi connectivity index (χ1) is 7.94. The van der Waals surface area contributed by atoms with Gasteiger partial charge in [0.25, 0.3) is 0 Å². The van der Waals surface area contributed by atoms with Crippen LogP contribution in [0, 0.1) is 6.92 Å². The Morgan fingerprint density at radius 2 is 2.18 bits per heavy atom. The van der Waals surface area contributed by atoms with E-state index in [-0.39, 0.29) is 5.75 Å². The summed E-state index contributed by atoms with van der Waals surface area (Å²) in [5.41, 5.74) is 1.000. The molecule has 0 aliphatic carbocycles. The lowest BCUT2D eigenvalue weighted by Gasteiger charge is -2.09. The van der Waals surface area contributed by atoms with Gasteiger partial charge in [-0.15, -0.1) is 0 Å². The Labute approximate surface area is 106 Å². The zero-order valence-corrected chi connectivity index (χ0v) is 11.3. The van der Waals surface area contributed by atoms with Gasteiger partial charge in [-0.3, -0.25) is 4.72 Å². The van der Waals surface area contributed by atoms with Crippen molar-refractivity contribution in [2.75, 3.05) is 24.2 Å². The minimum Gasteiger partial charge on any atom is -0.385 e. The van der Waals surface area contributed by atoms with E-state index in [1.54, 1.807) is 19.1 Å². The van der Waals surface area contributed by atoms with Gasteiger partial charge < -0.3 is 4.74 Å². The highest BCUT2D eigenvalue weighted by molar-refractivity contribution is 7.92. The van der Waals surface area contributed by atoms with Crippen molar-refractivity contribution in [1.82, 2.24) is 4.98 Å². The summed E-state index contributed by atoms with van der Waals surface area (Å²) < 4.78 is 30.6. The summed E-state index contributed by atoms with van der Waals surface area (Å²) >= 11 is 5.69. The molecule has 0 unspecified atom stereocenters. The molecule has 0 radical (unpaired) electrons. The van der Waals surface area contributed by atoms with Crippen molar-refractivity contribution in [2.24, 2.45) is 0 Å². The number of halogens is 1. The van der Waals surface area contributed by atoms with Gasteiger partial charge in [-0.1, -0.05) is 11.6 Å². The van der Waals surface area contributed by atoms with Gasteiger partial charge in [0.05, 0.1) is 17.1 Å². The number of nitrogens with one attached hydrogen (secondary N) is 1. The molecule has 96 valence electrons. The molecule has 1 rings (SSSR count). The second-order valence-corrected chi connectivity index (χ2v) is 5.76. The fraction of sp³-hybridized carbons (Fsp3) is 0.500. The topological polar surface area (TPSA) is 68.3 Å². The molecule has 1 heterocycles. The van der Waals surface area contributed by atoms with E-state index in [9.17, 15) is 8.42 Å². The summed E-state index contributed by atoms with van der Waals surface area (Å²) in [4.78, 5) is 3.97. The van der Waals surface area contributed by atoms with E-state index in [2.05, 4.69) is 9.71 Å². The summed E-state index contributed by atoms with van der Waals surface area (Å²) in [7, 11) is -1.82. The molecule has 17 heavy (non-hydrogen) atoms. The molecule has 0 bridgehead atoms. The Morgan fingerprint density at radius 3 is 2.76 bits per heavy atom. The van der Waals surface area contributed by atoms with Gasteiger partial charge >= 0.3 is 0 Å². The number of rotatable bonds is 6. The van der Waals surface area contributed by atoms with E-state index in [0.717, 1.165) is 0 Å². The van der Waals surface area contributed by atoms with Crippen LogP contribution in [0.15, 0.2) is 12.1 Å². The zero-order chi connectivity index (χ0) is 12.9. The molecule has 1 N–H and O–H groups in total. The number of aryl methyl sites for hydroxylation is 1. The number of hydrogen-bond acceptors (Lipinski definition) is 4. The number of aromatic nitrogens is 1. The maximum atomic E-state index is 11.7. The van der Waals surface area contributed by atoms with Gasteiger partial charge in [-0.2, -0.15) is 0 Å². The predicted octanol–water partition coefficient (Wildman–Crippen LogP) is 1.82. The third kappa shape index (κ3) is 4.89. The molecule has 5 nitrogen and oxygen atoms in total. The monoisotopic (exact) mass is 278 g/mol. The van der Waals surface area contributed by atoms with Crippen molar-refractivity contribution in [1.29, 1.82) is 0 Å². The van der Waals surface area contributed by atoms with Crippen molar-refractivity contribution in [3.05, 3.63) is 23.0 Å². The van der Waals surface area contributed by atoms with Crippen LogP contribution in [0.4, 0.5) is 5.69 Å². The molecule has 1 aromatic heterocycles. The first-order valence-corrected chi connectivity index (χ1v) is 7.10. The van der Waals surface area contributed by atoms with Crippen LogP contribution in [0.1, 0.15) is 12.1 Å². The molecule has 0 atom stereocenters. The van der Waals surface area contributed by atoms with E-state index >= 15 is 0 Å². The molecule has 0 aliphatic heterocycles. The summed E-state index contributed by atoms with van der Waals surface area (Å²) in [6.45, 7) is 2.11. The highest BCUT2D eigenvalue weighted by atomic mass is 35.5. The molecule has 0 saturated carbocycles. The zero-order valence-electron chi connectivity index (χ0n) is 9.73. The van der Waals surface area contributed by atoms with E-state index in [0.29, 0.717) is 29.6 Å². The van der Waals surface area contributed by atoms with Crippen LogP contribution in [-0.2, 0) is 14.8 Å². The maximum absolute atomic E-state index is 11.7. The lowest BCUT2D eigenvalue weighted by molar-refractivity contribution is 0.199. The van der Waals surface area contributed by atoms with Gasteiger partial charge in [0.1, 0.15) is 5.15 Å². The van der Waals surface area contributed by atoms with E-state index in [4.69, 9.17) is 16.3 Å². The number of pyridine rings is 1. The largest absolute Gasteiger partial charge is 0.385 e. The second kappa shape index (κ2) is 6.18. The number of methoxy groups -OCH3 is 1. The SMILES string of the molecule is COCCCS(=O)(=O)Nc1ccc(Cl)nc1C. The molecule has 7 heteroatoms. The van der Waals surface area contributed by atoms with Gasteiger partial charge in [0, 0.05) is 13.7 Å². The molecule has 1 aromatic rings. The number of sulfonamides is 1. The summed E-state index contributed by atoms with van der Waals surface area (Å²) in [6.07, 6.45) is 0.450. The Kier molecular flexibility index (Phi) is 5.17. The predicted molar refractivity (Wildman–Crippen MR) is 67.9 cm³/mol. The van der Waals surface area contributed by atoms with Gasteiger partial charge in [0.15, 0.2) is 0 Å². The molecular formula is C10H15ClN2O3S. The molecular weight excluding hydrogens is 264 g/mol. The molecule has 0 amide bonds. The van der Waals surface area contributed by atoms with E-state index in [1.165, 1.54) is 7.11 Å². The maximum Gasteiger partial charge on any atom is 0.232 e. The minimum absolute atomic E-state index is 0.0168. The van der Waals surface area contributed by atoms with Crippen molar-refractivity contribution >= 4 is 27.3 Å². The van der Waals surface area contributed by atoms with Crippen LogP contribution in [0.5, 0.6) is 0 Å². The Hall–Kier alpha value is -0.850. The number of ether oxygens (including phenoxy) is 1. The standard InChI is InChI=1S/C10H15ClN2O3S/c1-8-9(4-5-10(11)12-8)13-17(14,15)7-3-6-16-2/h4-5,13H,3,6-7H2,1-2H3. The van der Waals surface area contributed by atoms with Gasteiger partial charge in [-0.25, -0.2) is 13.4 Å².